The molecule has 0 saturated carbocycles. The van der Waals surface area contributed by atoms with E-state index in [1.165, 1.54) is 0 Å². The predicted octanol–water partition coefficient (Wildman–Crippen LogP) is 4.27. The molecule has 1 saturated heterocycles. The molecule has 1 fully saturated rings. The predicted molar refractivity (Wildman–Crippen MR) is 156 cm³/mol. The van der Waals surface area contributed by atoms with Crippen LogP contribution >= 0.6 is 0 Å². The van der Waals surface area contributed by atoms with Crippen LogP contribution < -0.4 is 10.9 Å². The zero-order chi connectivity index (χ0) is 28.1. The Morgan fingerprint density at radius 3 is 2.90 bits per heavy atom. The summed E-state index contributed by atoms with van der Waals surface area (Å²) in [5.74, 6) is 0.654. The number of nitrogens with one attached hydrogen (secondary N) is 3. The summed E-state index contributed by atoms with van der Waals surface area (Å²) in [5.41, 5.74) is 5.76. The monoisotopic (exact) mass is 551 g/mol. The molecule has 0 bridgehead atoms. The average molecular weight is 552 g/mol. The standard InChI is InChI=1S/C31H33N7O3/c1-18-10-19(11-22-15-34-36-28(18)22)12-25(29-33-17-23-16-32-7-9-37(23)29)27-14-20(6-8-38(27)31(40)41)24-13-21-4-2-3-5-26(21)35-30(24)39/h2-5,10-11,13,15,17,20,25,27,32H,6-9,12,14,16H2,1H3,(H,34,36)(H,35,39)(H,40,41). The van der Waals surface area contributed by atoms with E-state index in [-0.39, 0.29) is 23.4 Å². The summed E-state index contributed by atoms with van der Waals surface area (Å²) < 4.78 is 2.26. The van der Waals surface area contributed by atoms with Crippen molar-refractivity contribution in [3.63, 3.8) is 0 Å². The number of piperidine rings is 1. The second kappa shape index (κ2) is 10.2. The van der Waals surface area contributed by atoms with Crippen LogP contribution in [0.4, 0.5) is 4.79 Å². The van der Waals surface area contributed by atoms with Gasteiger partial charge in [-0.05, 0) is 66.8 Å². The van der Waals surface area contributed by atoms with Crippen molar-refractivity contribution in [1.82, 2.24) is 34.9 Å². The Labute approximate surface area is 236 Å². The second-order valence-electron chi connectivity index (χ2n) is 11.4. The van der Waals surface area contributed by atoms with E-state index in [1.807, 2.05) is 42.7 Å². The number of aromatic nitrogens is 5. The van der Waals surface area contributed by atoms with Gasteiger partial charge in [0.1, 0.15) is 5.82 Å². The molecule has 3 aromatic heterocycles. The fourth-order valence-corrected chi connectivity index (χ4v) is 6.98. The van der Waals surface area contributed by atoms with Crippen LogP contribution in [-0.4, -0.2) is 60.0 Å². The number of likely N-dealkylation sites (tertiary alicyclic amines) is 1. The van der Waals surface area contributed by atoms with Crippen LogP contribution in [0.3, 0.4) is 0 Å². The van der Waals surface area contributed by atoms with Crippen molar-refractivity contribution in [2.24, 2.45) is 0 Å². The van der Waals surface area contributed by atoms with E-state index >= 15 is 0 Å². The molecular formula is C31H33N7O3. The maximum atomic E-state index is 13.3. The van der Waals surface area contributed by atoms with Crippen molar-refractivity contribution in [1.29, 1.82) is 0 Å². The Balaban J connectivity index is 1.32. The van der Waals surface area contributed by atoms with Gasteiger partial charge in [-0.3, -0.25) is 9.89 Å². The quantitative estimate of drug-likeness (QED) is 0.258. The van der Waals surface area contributed by atoms with Crippen molar-refractivity contribution in [3.05, 3.63) is 93.4 Å². The summed E-state index contributed by atoms with van der Waals surface area (Å²) in [6, 6.07) is 13.7. The highest BCUT2D eigenvalue weighted by Gasteiger charge is 2.40. The maximum absolute atomic E-state index is 13.3. The van der Waals surface area contributed by atoms with Crippen LogP contribution in [0, 0.1) is 6.92 Å². The Hall–Kier alpha value is -4.44. The van der Waals surface area contributed by atoms with E-state index in [9.17, 15) is 14.7 Å². The van der Waals surface area contributed by atoms with Gasteiger partial charge in [-0.1, -0.05) is 24.3 Å². The fourth-order valence-electron chi connectivity index (χ4n) is 6.98. The van der Waals surface area contributed by atoms with Gasteiger partial charge in [0.15, 0.2) is 0 Å². The molecular weight excluding hydrogens is 518 g/mol. The molecule has 7 rings (SSSR count). The number of carbonyl (C=O) groups is 1. The zero-order valence-electron chi connectivity index (χ0n) is 22.9. The Kier molecular flexibility index (Phi) is 6.34. The molecule has 2 aliphatic rings. The SMILES string of the molecule is Cc1cc(CC(c2ncc3n2CCNC3)C2CC(c3cc4ccccc4[nH]c3=O)CCN2C(=O)O)cc2cn[nH]c12. The number of hydrogen-bond donors (Lipinski definition) is 4. The van der Waals surface area contributed by atoms with E-state index in [2.05, 4.69) is 44.1 Å². The van der Waals surface area contributed by atoms with Crippen LogP contribution in [0.1, 0.15) is 52.9 Å². The van der Waals surface area contributed by atoms with Crippen molar-refractivity contribution < 1.29 is 9.90 Å². The van der Waals surface area contributed by atoms with Gasteiger partial charge in [-0.15, -0.1) is 0 Å². The molecule has 5 heterocycles. The first-order valence-corrected chi connectivity index (χ1v) is 14.3. The first kappa shape index (κ1) is 25.5. The number of aryl methyl sites for hydroxylation is 1. The molecule has 10 nitrogen and oxygen atoms in total. The number of hydrogen-bond acceptors (Lipinski definition) is 5. The summed E-state index contributed by atoms with van der Waals surface area (Å²) in [5, 5.41) is 23.1. The zero-order valence-corrected chi connectivity index (χ0v) is 22.9. The average Bonchev–Trinajstić information content (AvgIpc) is 3.63. The van der Waals surface area contributed by atoms with Gasteiger partial charge >= 0.3 is 6.09 Å². The number of aromatic amines is 2. The molecule has 10 heteroatoms. The van der Waals surface area contributed by atoms with E-state index in [0.717, 1.165) is 69.6 Å². The molecule has 210 valence electrons. The normalized spacial score (nSPS) is 19.9. The van der Waals surface area contributed by atoms with Crippen LogP contribution in [0.5, 0.6) is 0 Å². The number of benzene rings is 2. The van der Waals surface area contributed by atoms with Gasteiger partial charge in [-0.2, -0.15) is 5.10 Å². The summed E-state index contributed by atoms with van der Waals surface area (Å²) in [6.45, 7) is 4.79. The highest BCUT2D eigenvalue weighted by atomic mass is 16.4. The molecule has 41 heavy (non-hydrogen) atoms. The summed E-state index contributed by atoms with van der Waals surface area (Å²) in [4.78, 5) is 35.5. The van der Waals surface area contributed by atoms with Crippen LogP contribution in [-0.2, 0) is 19.5 Å². The van der Waals surface area contributed by atoms with Gasteiger partial charge in [0.25, 0.3) is 5.56 Å². The molecule has 3 unspecified atom stereocenters. The Morgan fingerprint density at radius 2 is 2.02 bits per heavy atom. The van der Waals surface area contributed by atoms with Crippen LogP contribution in [0.25, 0.3) is 21.8 Å². The van der Waals surface area contributed by atoms with E-state index in [1.54, 1.807) is 4.90 Å². The largest absolute Gasteiger partial charge is 0.465 e. The number of fused-ring (bicyclic) bond motifs is 3. The number of H-pyrrole nitrogens is 2. The third-order valence-electron chi connectivity index (χ3n) is 8.96. The third kappa shape index (κ3) is 4.58. The molecule has 4 N–H and O–H groups in total. The van der Waals surface area contributed by atoms with Crippen LogP contribution in [0.15, 0.2) is 59.7 Å². The summed E-state index contributed by atoms with van der Waals surface area (Å²) >= 11 is 0. The fraction of sp³-hybridized carbons (Fsp3) is 0.355. The highest BCUT2D eigenvalue weighted by Crippen LogP contribution is 2.39. The number of rotatable bonds is 5. The number of nitrogens with zero attached hydrogens (tertiary/aromatic N) is 4. The van der Waals surface area contributed by atoms with Gasteiger partial charge in [0.2, 0.25) is 0 Å². The van der Waals surface area contributed by atoms with Crippen molar-refractivity contribution in [2.45, 2.75) is 57.2 Å². The minimum absolute atomic E-state index is 0.0676. The maximum Gasteiger partial charge on any atom is 0.407 e. The second-order valence-corrected chi connectivity index (χ2v) is 11.4. The summed E-state index contributed by atoms with van der Waals surface area (Å²) in [6.07, 6.45) is 4.58. The molecule has 0 aliphatic carbocycles. The van der Waals surface area contributed by atoms with Crippen molar-refractivity contribution >= 4 is 27.9 Å². The summed E-state index contributed by atoms with van der Waals surface area (Å²) in [7, 11) is 0. The van der Waals surface area contributed by atoms with E-state index in [0.29, 0.717) is 25.8 Å². The molecule has 5 aromatic rings. The Morgan fingerprint density at radius 1 is 1.15 bits per heavy atom. The topological polar surface area (TPSA) is 132 Å². The number of para-hydroxylation sites is 1. The molecule has 0 spiro atoms. The lowest BCUT2D eigenvalue weighted by molar-refractivity contribution is 0.0875. The number of imidazole rings is 1. The minimum Gasteiger partial charge on any atom is -0.465 e. The number of pyridine rings is 1. The lowest BCUT2D eigenvalue weighted by Crippen LogP contribution is -2.49. The molecule has 2 aromatic carbocycles. The third-order valence-corrected chi connectivity index (χ3v) is 8.96. The first-order valence-electron chi connectivity index (χ1n) is 14.3. The van der Waals surface area contributed by atoms with Crippen molar-refractivity contribution in [2.75, 3.05) is 13.1 Å². The lowest BCUT2D eigenvalue weighted by atomic mass is 9.78. The smallest absolute Gasteiger partial charge is 0.407 e. The number of carboxylic acid groups (broad SMARTS) is 1. The van der Waals surface area contributed by atoms with Gasteiger partial charge < -0.3 is 24.9 Å². The van der Waals surface area contributed by atoms with Crippen molar-refractivity contribution in [3.8, 4) is 0 Å². The van der Waals surface area contributed by atoms with E-state index in [4.69, 9.17) is 4.98 Å². The molecule has 1 amide bonds. The van der Waals surface area contributed by atoms with Gasteiger partial charge in [0.05, 0.1) is 17.4 Å². The molecule has 2 aliphatic heterocycles. The molecule has 3 atom stereocenters. The van der Waals surface area contributed by atoms with Gasteiger partial charge in [0, 0.05) is 60.8 Å². The minimum atomic E-state index is -0.931. The van der Waals surface area contributed by atoms with Crippen LogP contribution in [0.2, 0.25) is 0 Å². The van der Waals surface area contributed by atoms with Gasteiger partial charge in [-0.25, -0.2) is 9.78 Å². The first-order chi connectivity index (χ1) is 20.0. The number of amides is 1. The highest BCUT2D eigenvalue weighted by molar-refractivity contribution is 5.82. The lowest BCUT2D eigenvalue weighted by Gasteiger charge is -2.42. The Bertz CT molecular complexity index is 1820. The molecule has 0 radical (unpaired) electrons. The van der Waals surface area contributed by atoms with E-state index < -0.39 is 6.09 Å².